The summed E-state index contributed by atoms with van der Waals surface area (Å²) in [5.41, 5.74) is 0. The number of H-pyrrole nitrogens is 1. The van der Waals surface area contributed by atoms with Crippen molar-refractivity contribution in [3.63, 3.8) is 0 Å². The van der Waals surface area contributed by atoms with Crippen LogP contribution in [-0.2, 0) is 0 Å². The molecule has 0 aliphatic rings. The molecule has 0 fully saturated rings. The first-order chi connectivity index (χ1) is 4.79. The average Bonchev–Trinajstić information content (AvgIpc) is 2.34. The van der Waals surface area contributed by atoms with Crippen molar-refractivity contribution in [2.45, 2.75) is 0 Å². The number of nitrogens with zero attached hydrogens (tertiary/aromatic N) is 4. The first-order valence-corrected chi connectivity index (χ1v) is 2.87. The normalized spacial score (nSPS) is 10.6. The highest BCUT2D eigenvalue weighted by atomic mass is 15.5. The van der Waals surface area contributed by atoms with Gasteiger partial charge in [-0.05, 0) is 0 Å². The summed E-state index contributed by atoms with van der Waals surface area (Å²) in [6.07, 6.45) is 1.63. The Hall–Kier alpha value is -1.39. The summed E-state index contributed by atoms with van der Waals surface area (Å²) >= 11 is 0. The Bertz CT molecular complexity index is 200. The first kappa shape index (κ1) is 6.73. The van der Waals surface area contributed by atoms with Crippen LogP contribution in [0.1, 0.15) is 0 Å². The van der Waals surface area contributed by atoms with E-state index in [0.29, 0.717) is 5.82 Å². The van der Waals surface area contributed by atoms with E-state index in [4.69, 9.17) is 0 Å². The lowest BCUT2D eigenvalue weighted by atomic mass is 10.7. The van der Waals surface area contributed by atoms with Gasteiger partial charge >= 0.3 is 0 Å². The second-order valence-corrected chi connectivity index (χ2v) is 1.98. The van der Waals surface area contributed by atoms with Gasteiger partial charge in [0, 0.05) is 20.2 Å². The average molecular weight is 139 g/mol. The molecule has 0 amide bonds. The Morgan fingerprint density at radius 2 is 2.40 bits per heavy atom. The molecule has 1 aromatic rings. The lowest BCUT2D eigenvalue weighted by Crippen LogP contribution is -1.98. The van der Waals surface area contributed by atoms with Crippen molar-refractivity contribution in [3.05, 3.63) is 12.3 Å². The molecular formula is C5H9N5. The Labute approximate surface area is 58.7 Å². The van der Waals surface area contributed by atoms with Gasteiger partial charge in [0.2, 0.25) is 0 Å². The van der Waals surface area contributed by atoms with Crippen LogP contribution in [0.2, 0.25) is 0 Å². The predicted molar refractivity (Wildman–Crippen MR) is 36.8 cm³/mol. The Kier molecular flexibility index (Phi) is 1.99. The van der Waals surface area contributed by atoms with Crippen LogP contribution in [0.4, 0.5) is 5.82 Å². The molecule has 0 saturated heterocycles. The highest BCUT2D eigenvalue weighted by molar-refractivity contribution is 5.20. The third kappa shape index (κ3) is 1.85. The number of hydrogen-bond donors (Lipinski definition) is 1. The van der Waals surface area contributed by atoms with E-state index < -0.39 is 0 Å². The minimum Gasteiger partial charge on any atom is -0.285 e. The number of nitrogens with one attached hydrogen (secondary N) is 1. The zero-order chi connectivity index (χ0) is 7.40. The minimum absolute atomic E-state index is 0.661. The van der Waals surface area contributed by atoms with Crippen LogP contribution in [0, 0.1) is 0 Å². The molecule has 1 heterocycles. The van der Waals surface area contributed by atoms with Gasteiger partial charge in [-0.25, -0.2) is 0 Å². The molecule has 0 aliphatic heterocycles. The van der Waals surface area contributed by atoms with Crippen molar-refractivity contribution in [1.82, 2.24) is 15.2 Å². The van der Waals surface area contributed by atoms with E-state index in [2.05, 4.69) is 20.5 Å². The summed E-state index contributed by atoms with van der Waals surface area (Å²) in [7, 11) is 3.61. The zero-order valence-corrected chi connectivity index (χ0v) is 5.94. The van der Waals surface area contributed by atoms with Gasteiger partial charge in [-0.2, -0.15) is 5.10 Å². The topological polar surface area (TPSA) is 56.6 Å². The van der Waals surface area contributed by atoms with Crippen LogP contribution in [0.25, 0.3) is 0 Å². The third-order valence-corrected chi connectivity index (χ3v) is 0.817. The van der Waals surface area contributed by atoms with Crippen LogP contribution < -0.4 is 0 Å². The van der Waals surface area contributed by atoms with Crippen LogP contribution >= 0.6 is 0 Å². The number of aromatic nitrogens is 2. The van der Waals surface area contributed by atoms with Gasteiger partial charge in [-0.3, -0.25) is 10.1 Å². The van der Waals surface area contributed by atoms with Crippen molar-refractivity contribution in [3.8, 4) is 0 Å². The molecule has 0 atom stereocenters. The Balaban J connectivity index is 2.55. The molecule has 10 heavy (non-hydrogen) atoms. The van der Waals surface area contributed by atoms with Gasteiger partial charge in [0.05, 0.1) is 6.20 Å². The summed E-state index contributed by atoms with van der Waals surface area (Å²) in [5.74, 6) is 0.661. The maximum Gasteiger partial charge on any atom is 0.172 e. The molecule has 0 aliphatic carbocycles. The summed E-state index contributed by atoms with van der Waals surface area (Å²) < 4.78 is 0. The van der Waals surface area contributed by atoms with Crippen molar-refractivity contribution in [2.75, 3.05) is 14.1 Å². The van der Waals surface area contributed by atoms with E-state index in [9.17, 15) is 0 Å². The van der Waals surface area contributed by atoms with Crippen LogP contribution in [0.15, 0.2) is 22.6 Å². The molecule has 0 radical (unpaired) electrons. The van der Waals surface area contributed by atoms with E-state index in [1.807, 2.05) is 0 Å². The van der Waals surface area contributed by atoms with Gasteiger partial charge in [0.1, 0.15) is 0 Å². The fraction of sp³-hybridized carbons (Fsp3) is 0.400. The quantitative estimate of drug-likeness (QED) is 0.490. The van der Waals surface area contributed by atoms with Gasteiger partial charge in [0.25, 0.3) is 0 Å². The Morgan fingerprint density at radius 1 is 1.60 bits per heavy atom. The van der Waals surface area contributed by atoms with E-state index in [1.54, 1.807) is 31.4 Å². The van der Waals surface area contributed by atoms with E-state index in [0.717, 1.165) is 0 Å². The van der Waals surface area contributed by atoms with Crippen molar-refractivity contribution < 1.29 is 0 Å². The highest BCUT2D eigenvalue weighted by Gasteiger charge is 1.86. The monoisotopic (exact) mass is 139 g/mol. The Morgan fingerprint density at radius 3 is 2.90 bits per heavy atom. The molecule has 0 spiro atoms. The van der Waals surface area contributed by atoms with Gasteiger partial charge in [-0.1, -0.05) is 5.22 Å². The predicted octanol–water partition coefficient (Wildman–Crippen LogP) is 0.970. The summed E-state index contributed by atoms with van der Waals surface area (Å²) in [6, 6.07) is 1.74. The maximum atomic E-state index is 3.80. The SMILES string of the molecule is CN(C)/N=N/c1ccn[nH]1. The smallest absolute Gasteiger partial charge is 0.172 e. The maximum absolute atomic E-state index is 3.80. The lowest BCUT2D eigenvalue weighted by Gasteiger charge is -1.97. The van der Waals surface area contributed by atoms with Gasteiger partial charge < -0.3 is 0 Å². The number of hydrogen-bond acceptors (Lipinski definition) is 3. The lowest BCUT2D eigenvalue weighted by molar-refractivity contribution is 0.408. The van der Waals surface area contributed by atoms with Gasteiger partial charge in [0.15, 0.2) is 5.82 Å². The second kappa shape index (κ2) is 2.95. The van der Waals surface area contributed by atoms with Crippen LogP contribution in [0.5, 0.6) is 0 Å². The van der Waals surface area contributed by atoms with Crippen LogP contribution in [0.3, 0.4) is 0 Å². The first-order valence-electron chi connectivity index (χ1n) is 2.87. The molecule has 0 unspecified atom stereocenters. The fourth-order valence-electron chi connectivity index (χ4n) is 0.442. The highest BCUT2D eigenvalue weighted by Crippen LogP contribution is 2.03. The molecule has 5 heteroatoms. The molecule has 1 rings (SSSR count). The van der Waals surface area contributed by atoms with E-state index >= 15 is 0 Å². The summed E-state index contributed by atoms with van der Waals surface area (Å²) in [6.45, 7) is 0. The van der Waals surface area contributed by atoms with Crippen molar-refractivity contribution >= 4 is 5.82 Å². The largest absolute Gasteiger partial charge is 0.285 e. The molecule has 1 aromatic heterocycles. The molecule has 0 bridgehead atoms. The second-order valence-electron chi connectivity index (χ2n) is 1.98. The molecular weight excluding hydrogens is 130 g/mol. The molecule has 1 N–H and O–H groups in total. The van der Waals surface area contributed by atoms with E-state index in [1.165, 1.54) is 0 Å². The number of rotatable bonds is 2. The fourth-order valence-corrected chi connectivity index (χ4v) is 0.442. The van der Waals surface area contributed by atoms with Crippen molar-refractivity contribution in [1.29, 1.82) is 0 Å². The molecule has 0 aromatic carbocycles. The van der Waals surface area contributed by atoms with Crippen molar-refractivity contribution in [2.24, 2.45) is 10.3 Å². The summed E-state index contributed by atoms with van der Waals surface area (Å²) in [4.78, 5) is 0. The van der Waals surface area contributed by atoms with Crippen LogP contribution in [-0.4, -0.2) is 29.3 Å². The molecule has 0 saturated carbocycles. The third-order valence-electron chi connectivity index (χ3n) is 0.817. The minimum atomic E-state index is 0.661. The van der Waals surface area contributed by atoms with Gasteiger partial charge in [-0.15, -0.1) is 5.11 Å². The zero-order valence-electron chi connectivity index (χ0n) is 5.94. The standard InChI is InChI=1S/C5H9N5/c1-10(2)9-8-5-3-4-6-7-5/h3-4H,1-2H3,(H,6,7)/b9-8+. The molecule has 54 valence electrons. The number of aromatic amines is 1. The summed E-state index contributed by atoms with van der Waals surface area (Å²) in [5, 5.41) is 15.5. The van der Waals surface area contributed by atoms with E-state index in [-0.39, 0.29) is 0 Å². The molecule has 5 nitrogen and oxygen atoms in total.